The molecule has 0 fully saturated rings. The van der Waals surface area contributed by atoms with Gasteiger partial charge in [0, 0.05) is 17.7 Å². The van der Waals surface area contributed by atoms with Crippen molar-refractivity contribution in [3.63, 3.8) is 0 Å². The molecule has 0 aromatic heterocycles. The third-order valence-corrected chi connectivity index (χ3v) is 1.85. The highest BCUT2D eigenvalue weighted by atomic mass is 16.6. The first-order chi connectivity index (χ1) is 7.04. The lowest BCUT2D eigenvalue weighted by molar-refractivity contribution is -0.384. The van der Waals surface area contributed by atoms with Crippen LogP contribution in [0.1, 0.15) is 15.9 Å². The van der Waals surface area contributed by atoms with Crippen molar-refractivity contribution in [1.82, 2.24) is 0 Å². The van der Waals surface area contributed by atoms with E-state index in [9.17, 15) is 14.9 Å². The van der Waals surface area contributed by atoms with Gasteiger partial charge in [0.15, 0.2) is 0 Å². The smallest absolute Gasteiger partial charge is 0.270 e. The molecular weight excluding hydrogens is 196 g/mol. The second kappa shape index (κ2) is 4.36. The standard InChI is InChI=1S/C10H10N2O3/c1-2-3-7-4-8(10(11)13)6-9(5-7)12(14)15/h2,4-6H,1,3H2,(H2,11,13). The number of amides is 1. The van der Waals surface area contributed by atoms with Gasteiger partial charge in [-0.05, 0) is 18.1 Å². The van der Waals surface area contributed by atoms with E-state index in [2.05, 4.69) is 6.58 Å². The molecule has 5 heteroatoms. The molecule has 15 heavy (non-hydrogen) atoms. The Morgan fingerprint density at radius 2 is 2.20 bits per heavy atom. The number of hydrogen-bond donors (Lipinski definition) is 1. The molecular formula is C10H10N2O3. The first kappa shape index (κ1) is 10.9. The fourth-order valence-corrected chi connectivity index (χ4v) is 1.21. The van der Waals surface area contributed by atoms with E-state index >= 15 is 0 Å². The summed E-state index contributed by atoms with van der Waals surface area (Å²) in [4.78, 5) is 20.9. The zero-order valence-corrected chi connectivity index (χ0v) is 7.97. The number of rotatable bonds is 4. The van der Waals surface area contributed by atoms with Crippen molar-refractivity contribution in [3.8, 4) is 0 Å². The molecule has 5 nitrogen and oxygen atoms in total. The zero-order valence-electron chi connectivity index (χ0n) is 7.97. The normalized spacial score (nSPS) is 9.60. The molecule has 0 saturated carbocycles. The van der Waals surface area contributed by atoms with Gasteiger partial charge in [0.1, 0.15) is 0 Å². The Morgan fingerprint density at radius 3 is 2.67 bits per heavy atom. The second-order valence-corrected chi connectivity index (χ2v) is 3.00. The minimum atomic E-state index is -0.677. The van der Waals surface area contributed by atoms with Gasteiger partial charge >= 0.3 is 0 Å². The summed E-state index contributed by atoms with van der Waals surface area (Å²) in [6, 6.07) is 4.08. The summed E-state index contributed by atoms with van der Waals surface area (Å²) in [6.45, 7) is 3.52. The van der Waals surface area contributed by atoms with E-state index in [1.807, 2.05) is 0 Å². The maximum Gasteiger partial charge on any atom is 0.270 e. The molecule has 0 aliphatic rings. The van der Waals surface area contributed by atoms with Crippen LogP contribution in [-0.4, -0.2) is 10.8 Å². The SMILES string of the molecule is C=CCc1cc(C(N)=O)cc([N+](=O)[O-])c1. The molecule has 1 aromatic carbocycles. The van der Waals surface area contributed by atoms with E-state index < -0.39 is 10.8 Å². The van der Waals surface area contributed by atoms with Crippen molar-refractivity contribution < 1.29 is 9.72 Å². The highest BCUT2D eigenvalue weighted by molar-refractivity contribution is 5.93. The number of benzene rings is 1. The number of carbonyl (C=O) groups excluding carboxylic acids is 1. The summed E-state index contributed by atoms with van der Waals surface area (Å²) < 4.78 is 0. The van der Waals surface area contributed by atoms with Crippen molar-refractivity contribution in [2.75, 3.05) is 0 Å². The number of nitro groups is 1. The lowest BCUT2D eigenvalue weighted by Gasteiger charge is -2.00. The van der Waals surface area contributed by atoms with Crippen LogP contribution in [0.25, 0.3) is 0 Å². The minimum Gasteiger partial charge on any atom is -0.366 e. The number of nitrogens with zero attached hydrogens (tertiary/aromatic N) is 1. The van der Waals surface area contributed by atoms with Crippen molar-refractivity contribution in [3.05, 3.63) is 52.1 Å². The van der Waals surface area contributed by atoms with Gasteiger partial charge in [-0.15, -0.1) is 6.58 Å². The van der Waals surface area contributed by atoms with Gasteiger partial charge < -0.3 is 5.73 Å². The Morgan fingerprint density at radius 1 is 1.53 bits per heavy atom. The minimum absolute atomic E-state index is 0.136. The van der Waals surface area contributed by atoms with Crippen molar-refractivity contribution >= 4 is 11.6 Å². The summed E-state index contributed by atoms with van der Waals surface area (Å²) in [6.07, 6.45) is 2.06. The number of nitro benzene ring substituents is 1. The first-order valence-corrected chi connectivity index (χ1v) is 4.23. The quantitative estimate of drug-likeness (QED) is 0.459. The molecule has 0 spiro atoms. The third kappa shape index (κ3) is 2.63. The Labute approximate surface area is 86.4 Å². The van der Waals surface area contributed by atoms with E-state index in [0.29, 0.717) is 12.0 Å². The molecule has 0 aliphatic carbocycles. The molecule has 0 radical (unpaired) electrons. The predicted molar refractivity (Wildman–Crippen MR) is 55.5 cm³/mol. The summed E-state index contributed by atoms with van der Waals surface area (Å²) in [5.74, 6) is -0.677. The Bertz CT molecular complexity index is 394. The number of primary amides is 1. The summed E-state index contributed by atoms with van der Waals surface area (Å²) in [5.41, 5.74) is 5.71. The van der Waals surface area contributed by atoms with E-state index in [4.69, 9.17) is 5.73 Å². The average molecular weight is 206 g/mol. The highest BCUT2D eigenvalue weighted by Gasteiger charge is 2.11. The molecule has 0 aliphatic heterocycles. The monoisotopic (exact) mass is 206 g/mol. The van der Waals surface area contributed by atoms with Crippen LogP contribution in [-0.2, 0) is 6.42 Å². The summed E-state index contributed by atoms with van der Waals surface area (Å²) in [5, 5.41) is 10.6. The van der Waals surface area contributed by atoms with Crippen LogP contribution in [0.15, 0.2) is 30.9 Å². The summed E-state index contributed by atoms with van der Waals surface area (Å²) in [7, 11) is 0. The van der Waals surface area contributed by atoms with Gasteiger partial charge in [-0.2, -0.15) is 0 Å². The van der Waals surface area contributed by atoms with E-state index in [1.165, 1.54) is 12.1 Å². The summed E-state index contributed by atoms with van der Waals surface area (Å²) >= 11 is 0. The largest absolute Gasteiger partial charge is 0.366 e. The molecule has 1 amide bonds. The van der Waals surface area contributed by atoms with Crippen LogP contribution in [0.5, 0.6) is 0 Å². The van der Waals surface area contributed by atoms with Gasteiger partial charge in [0.25, 0.3) is 5.69 Å². The number of nitrogens with two attached hydrogens (primary N) is 1. The van der Waals surface area contributed by atoms with E-state index in [0.717, 1.165) is 6.07 Å². The topological polar surface area (TPSA) is 86.2 Å². The molecule has 0 bridgehead atoms. The van der Waals surface area contributed by atoms with Crippen LogP contribution in [0.2, 0.25) is 0 Å². The fourth-order valence-electron chi connectivity index (χ4n) is 1.21. The fraction of sp³-hybridized carbons (Fsp3) is 0.100. The lowest BCUT2D eigenvalue weighted by atomic mass is 10.1. The number of non-ortho nitro benzene ring substituents is 1. The van der Waals surface area contributed by atoms with Crippen LogP contribution in [0, 0.1) is 10.1 Å². The van der Waals surface area contributed by atoms with Crippen molar-refractivity contribution in [2.45, 2.75) is 6.42 Å². The van der Waals surface area contributed by atoms with Crippen molar-refractivity contribution in [1.29, 1.82) is 0 Å². The highest BCUT2D eigenvalue weighted by Crippen LogP contribution is 2.17. The first-order valence-electron chi connectivity index (χ1n) is 4.23. The predicted octanol–water partition coefficient (Wildman–Crippen LogP) is 1.42. The molecule has 1 rings (SSSR count). The maximum atomic E-state index is 10.9. The van der Waals surface area contributed by atoms with Gasteiger partial charge in [0.2, 0.25) is 5.91 Å². The van der Waals surface area contributed by atoms with Gasteiger partial charge in [-0.3, -0.25) is 14.9 Å². The molecule has 0 heterocycles. The number of carbonyl (C=O) groups is 1. The Hall–Kier alpha value is -2.17. The molecule has 1 aromatic rings. The maximum absolute atomic E-state index is 10.9. The average Bonchev–Trinajstić information content (AvgIpc) is 2.17. The van der Waals surface area contributed by atoms with Crippen LogP contribution >= 0.6 is 0 Å². The van der Waals surface area contributed by atoms with Crippen molar-refractivity contribution in [2.24, 2.45) is 5.73 Å². The van der Waals surface area contributed by atoms with Gasteiger partial charge in [0.05, 0.1) is 4.92 Å². The van der Waals surface area contributed by atoms with Crippen LogP contribution in [0.4, 0.5) is 5.69 Å². The zero-order chi connectivity index (χ0) is 11.4. The molecule has 78 valence electrons. The molecule has 0 atom stereocenters. The molecule has 0 saturated heterocycles. The number of hydrogen-bond acceptors (Lipinski definition) is 3. The lowest BCUT2D eigenvalue weighted by Crippen LogP contribution is -2.11. The Balaban J connectivity index is 3.25. The van der Waals surface area contributed by atoms with E-state index in [-0.39, 0.29) is 11.3 Å². The second-order valence-electron chi connectivity index (χ2n) is 3.00. The third-order valence-electron chi connectivity index (χ3n) is 1.85. The molecule has 0 unspecified atom stereocenters. The van der Waals surface area contributed by atoms with E-state index in [1.54, 1.807) is 6.08 Å². The van der Waals surface area contributed by atoms with Crippen LogP contribution < -0.4 is 5.73 Å². The van der Waals surface area contributed by atoms with Gasteiger partial charge in [-0.1, -0.05) is 6.08 Å². The van der Waals surface area contributed by atoms with Crippen LogP contribution in [0.3, 0.4) is 0 Å². The number of allylic oxidation sites excluding steroid dienone is 1. The Kier molecular flexibility index (Phi) is 3.17. The van der Waals surface area contributed by atoms with Gasteiger partial charge in [-0.25, -0.2) is 0 Å². The molecule has 2 N–H and O–H groups in total.